The fourth-order valence-electron chi connectivity index (χ4n) is 1.93. The van der Waals surface area contributed by atoms with Gasteiger partial charge in [0.25, 0.3) is 0 Å². The highest BCUT2D eigenvalue weighted by molar-refractivity contribution is 7.14. The molecule has 0 aliphatic rings. The molecule has 0 saturated carbocycles. The molecule has 3 nitrogen and oxygen atoms in total. The highest BCUT2D eigenvalue weighted by Crippen LogP contribution is 2.40. The average molecular weight is 294 g/mol. The van der Waals surface area contributed by atoms with Crippen LogP contribution in [-0.2, 0) is 0 Å². The van der Waals surface area contributed by atoms with Crippen molar-refractivity contribution < 1.29 is 4.39 Å². The smallest absolute Gasteiger partial charge is 0.153 e. The minimum atomic E-state index is -0.318. The first-order chi connectivity index (χ1) is 9.16. The van der Waals surface area contributed by atoms with Crippen LogP contribution < -0.4 is 5.73 Å². The van der Waals surface area contributed by atoms with Crippen LogP contribution in [0.25, 0.3) is 21.7 Å². The first-order valence-corrected chi connectivity index (χ1v) is 6.75. The number of hydrogen-bond acceptors (Lipinski definition) is 3. The van der Waals surface area contributed by atoms with Gasteiger partial charge in [0.15, 0.2) is 5.82 Å². The third-order valence-corrected chi connectivity index (χ3v) is 4.11. The fourth-order valence-corrected chi connectivity index (χ4v) is 3.08. The van der Waals surface area contributed by atoms with Gasteiger partial charge in [-0.25, -0.2) is 4.39 Å². The van der Waals surface area contributed by atoms with Gasteiger partial charge in [0.2, 0.25) is 0 Å². The summed E-state index contributed by atoms with van der Waals surface area (Å²) in [6.07, 6.45) is 0. The van der Waals surface area contributed by atoms with Gasteiger partial charge in [-0.3, -0.25) is 5.10 Å². The number of H-pyrrole nitrogens is 1. The molecule has 2 heterocycles. The Balaban J connectivity index is 2.22. The Morgan fingerprint density at radius 2 is 2.16 bits per heavy atom. The lowest BCUT2D eigenvalue weighted by Crippen LogP contribution is -1.89. The van der Waals surface area contributed by atoms with E-state index >= 15 is 0 Å². The Bertz CT molecular complexity index is 735. The molecule has 0 amide bonds. The van der Waals surface area contributed by atoms with Crippen molar-refractivity contribution in [2.24, 2.45) is 0 Å². The minimum Gasteiger partial charge on any atom is -0.382 e. The summed E-state index contributed by atoms with van der Waals surface area (Å²) in [6.45, 7) is 0. The molecule has 0 unspecified atom stereocenters. The van der Waals surface area contributed by atoms with Crippen molar-refractivity contribution in [2.45, 2.75) is 0 Å². The molecule has 2 aromatic heterocycles. The molecular formula is C13H9ClFN3S. The molecule has 0 aliphatic heterocycles. The maximum absolute atomic E-state index is 13.3. The lowest BCUT2D eigenvalue weighted by atomic mass is 10.0. The zero-order chi connectivity index (χ0) is 13.4. The summed E-state index contributed by atoms with van der Waals surface area (Å²) in [5.41, 5.74) is 7.93. The van der Waals surface area contributed by atoms with Crippen LogP contribution >= 0.6 is 22.9 Å². The number of nitrogen functional groups attached to an aromatic ring is 1. The van der Waals surface area contributed by atoms with Crippen molar-refractivity contribution >= 4 is 28.8 Å². The maximum Gasteiger partial charge on any atom is 0.153 e. The molecule has 0 aliphatic carbocycles. The fraction of sp³-hybridized carbons (Fsp3) is 0. The molecule has 6 heteroatoms. The summed E-state index contributed by atoms with van der Waals surface area (Å²) >= 11 is 7.60. The Morgan fingerprint density at radius 1 is 1.32 bits per heavy atom. The van der Waals surface area contributed by atoms with Gasteiger partial charge >= 0.3 is 0 Å². The number of nitrogens with two attached hydrogens (primary N) is 1. The van der Waals surface area contributed by atoms with E-state index in [0.29, 0.717) is 27.7 Å². The molecule has 96 valence electrons. The van der Waals surface area contributed by atoms with Gasteiger partial charge in [0.1, 0.15) is 5.82 Å². The van der Waals surface area contributed by atoms with Gasteiger partial charge < -0.3 is 5.73 Å². The van der Waals surface area contributed by atoms with E-state index in [1.54, 1.807) is 18.2 Å². The number of anilines is 1. The summed E-state index contributed by atoms with van der Waals surface area (Å²) in [6, 6.07) is 8.03. The van der Waals surface area contributed by atoms with Crippen LogP contribution in [0.15, 0.2) is 35.7 Å². The molecule has 0 spiro atoms. The van der Waals surface area contributed by atoms with Crippen molar-refractivity contribution in [2.75, 3.05) is 5.73 Å². The van der Waals surface area contributed by atoms with Crippen molar-refractivity contribution in [3.05, 3.63) is 46.6 Å². The zero-order valence-electron chi connectivity index (χ0n) is 9.65. The molecule has 0 radical (unpaired) electrons. The van der Waals surface area contributed by atoms with E-state index in [9.17, 15) is 4.39 Å². The predicted molar refractivity (Wildman–Crippen MR) is 76.7 cm³/mol. The van der Waals surface area contributed by atoms with E-state index in [1.807, 2.05) is 5.38 Å². The van der Waals surface area contributed by atoms with Gasteiger partial charge in [-0.05, 0) is 29.1 Å². The molecule has 1 aromatic carbocycles. The van der Waals surface area contributed by atoms with E-state index < -0.39 is 0 Å². The zero-order valence-corrected chi connectivity index (χ0v) is 11.2. The Hall–Kier alpha value is -1.85. The van der Waals surface area contributed by atoms with E-state index in [0.717, 1.165) is 4.88 Å². The number of halogens is 2. The number of rotatable bonds is 2. The first kappa shape index (κ1) is 12.2. The second kappa shape index (κ2) is 4.68. The Labute approximate surface area is 117 Å². The van der Waals surface area contributed by atoms with E-state index in [-0.39, 0.29) is 5.82 Å². The Morgan fingerprint density at radius 3 is 2.84 bits per heavy atom. The van der Waals surface area contributed by atoms with Crippen LogP contribution in [0.3, 0.4) is 0 Å². The maximum atomic E-state index is 13.3. The number of hydrogen-bond donors (Lipinski definition) is 2. The molecule has 3 rings (SSSR count). The average Bonchev–Trinajstić information content (AvgIpc) is 2.95. The molecule has 0 atom stereocenters. The highest BCUT2D eigenvalue weighted by atomic mass is 35.5. The van der Waals surface area contributed by atoms with Gasteiger partial charge in [-0.1, -0.05) is 23.7 Å². The monoisotopic (exact) mass is 293 g/mol. The molecule has 3 aromatic rings. The van der Waals surface area contributed by atoms with Crippen LogP contribution in [0.1, 0.15) is 0 Å². The highest BCUT2D eigenvalue weighted by Gasteiger charge is 2.18. The van der Waals surface area contributed by atoms with Crippen LogP contribution in [0.4, 0.5) is 10.2 Å². The topological polar surface area (TPSA) is 54.7 Å². The summed E-state index contributed by atoms with van der Waals surface area (Å²) in [7, 11) is 0. The van der Waals surface area contributed by atoms with E-state index in [4.69, 9.17) is 17.3 Å². The molecule has 0 bridgehead atoms. The van der Waals surface area contributed by atoms with Crippen molar-refractivity contribution in [3.63, 3.8) is 0 Å². The SMILES string of the molecule is Nc1n[nH]c(-c2sccc2Cl)c1-c1cccc(F)c1. The number of benzene rings is 1. The van der Waals surface area contributed by atoms with Crippen LogP contribution in [0, 0.1) is 5.82 Å². The number of aromatic amines is 1. The Kier molecular flexibility index (Phi) is 3.00. The number of nitrogens with zero attached hydrogens (tertiary/aromatic N) is 1. The number of nitrogens with one attached hydrogen (secondary N) is 1. The summed E-state index contributed by atoms with van der Waals surface area (Å²) in [5, 5.41) is 9.36. The van der Waals surface area contributed by atoms with E-state index in [1.165, 1.54) is 23.5 Å². The molecule has 3 N–H and O–H groups in total. The summed E-state index contributed by atoms with van der Waals surface area (Å²) in [4.78, 5) is 0.838. The molecule has 19 heavy (non-hydrogen) atoms. The molecular weight excluding hydrogens is 285 g/mol. The van der Waals surface area contributed by atoms with E-state index in [2.05, 4.69) is 10.2 Å². The van der Waals surface area contributed by atoms with Crippen molar-refractivity contribution in [1.29, 1.82) is 0 Å². The standard InChI is InChI=1S/C13H9ClFN3S/c14-9-4-5-19-12(9)11-10(13(16)18-17-11)7-2-1-3-8(15)6-7/h1-6H,(H3,16,17,18). The quantitative estimate of drug-likeness (QED) is 0.744. The van der Waals surface area contributed by atoms with Crippen LogP contribution in [0.5, 0.6) is 0 Å². The third-order valence-electron chi connectivity index (χ3n) is 2.75. The number of thiophene rings is 1. The van der Waals surface area contributed by atoms with Gasteiger partial charge in [0, 0.05) is 0 Å². The second-order valence-corrected chi connectivity index (χ2v) is 5.29. The van der Waals surface area contributed by atoms with Gasteiger partial charge in [-0.15, -0.1) is 11.3 Å². The minimum absolute atomic E-state index is 0.318. The largest absolute Gasteiger partial charge is 0.382 e. The van der Waals surface area contributed by atoms with Crippen molar-refractivity contribution in [3.8, 4) is 21.7 Å². The van der Waals surface area contributed by atoms with Gasteiger partial charge in [0.05, 0.1) is 21.2 Å². The lowest BCUT2D eigenvalue weighted by Gasteiger charge is -2.03. The molecule has 0 saturated heterocycles. The predicted octanol–water partition coefficient (Wildman–Crippen LogP) is 4.18. The normalized spacial score (nSPS) is 10.8. The summed E-state index contributed by atoms with van der Waals surface area (Å²) < 4.78 is 13.3. The summed E-state index contributed by atoms with van der Waals surface area (Å²) in [5.74, 6) is 0.00592. The van der Waals surface area contributed by atoms with Gasteiger partial charge in [-0.2, -0.15) is 5.10 Å². The van der Waals surface area contributed by atoms with Crippen molar-refractivity contribution in [1.82, 2.24) is 10.2 Å². The third kappa shape index (κ3) is 2.11. The lowest BCUT2D eigenvalue weighted by molar-refractivity contribution is 0.628. The van der Waals surface area contributed by atoms with Crippen LogP contribution in [-0.4, -0.2) is 10.2 Å². The van der Waals surface area contributed by atoms with Crippen LogP contribution in [0.2, 0.25) is 5.02 Å². The first-order valence-electron chi connectivity index (χ1n) is 5.50. The number of aromatic nitrogens is 2. The molecule has 0 fully saturated rings. The second-order valence-electron chi connectivity index (χ2n) is 3.97.